The Morgan fingerprint density at radius 2 is 1.96 bits per heavy atom. The van der Waals surface area contributed by atoms with Crippen molar-refractivity contribution < 1.29 is 9.53 Å². The van der Waals surface area contributed by atoms with Crippen molar-refractivity contribution in [2.24, 2.45) is 0 Å². The molecule has 0 aliphatic carbocycles. The van der Waals surface area contributed by atoms with Gasteiger partial charge < -0.3 is 10.1 Å². The maximum absolute atomic E-state index is 12.1. The highest BCUT2D eigenvalue weighted by Gasteiger charge is 2.11. The molecule has 0 saturated heterocycles. The van der Waals surface area contributed by atoms with E-state index in [1.54, 1.807) is 54.7 Å². The molecule has 0 saturated carbocycles. The number of anilines is 1. The Morgan fingerprint density at radius 1 is 1.12 bits per heavy atom. The molecule has 2 heterocycles. The number of nitriles is 1. The highest BCUT2D eigenvalue weighted by atomic mass is 35.5. The molecule has 0 radical (unpaired) electrons. The molecule has 1 N–H and O–H groups in total. The van der Waals surface area contributed by atoms with E-state index in [1.807, 2.05) is 6.07 Å². The van der Waals surface area contributed by atoms with Gasteiger partial charge in [0.1, 0.15) is 23.1 Å². The van der Waals surface area contributed by atoms with Gasteiger partial charge in [0.25, 0.3) is 5.91 Å². The standard InChI is InChI=1S/C18H11ClN4O2/c19-14-10-13(23-17(24)15-5-1-2-8-21-15)6-7-16(14)25-18-12(11-20)4-3-9-22-18/h1-10H,(H,23,24). The average molecular weight is 351 g/mol. The van der Waals surface area contributed by atoms with Gasteiger partial charge in [-0.2, -0.15) is 5.26 Å². The van der Waals surface area contributed by atoms with E-state index in [4.69, 9.17) is 21.6 Å². The van der Waals surface area contributed by atoms with E-state index in [2.05, 4.69) is 15.3 Å². The summed E-state index contributed by atoms with van der Waals surface area (Å²) in [5.74, 6) is 0.145. The maximum atomic E-state index is 12.1. The van der Waals surface area contributed by atoms with E-state index < -0.39 is 0 Å². The number of nitrogens with one attached hydrogen (secondary N) is 1. The van der Waals surface area contributed by atoms with Crippen LogP contribution in [-0.4, -0.2) is 15.9 Å². The van der Waals surface area contributed by atoms with Crippen LogP contribution in [0.4, 0.5) is 5.69 Å². The zero-order chi connectivity index (χ0) is 17.6. The molecule has 0 fully saturated rings. The van der Waals surface area contributed by atoms with Gasteiger partial charge in [-0.25, -0.2) is 4.98 Å². The molecule has 3 aromatic rings. The summed E-state index contributed by atoms with van der Waals surface area (Å²) in [5, 5.41) is 12.0. The summed E-state index contributed by atoms with van der Waals surface area (Å²) < 4.78 is 5.59. The Hall–Kier alpha value is -3.43. The Bertz CT molecular complexity index is 955. The molecule has 0 aliphatic rings. The summed E-state index contributed by atoms with van der Waals surface area (Å²) in [6.45, 7) is 0. The molecular formula is C18H11ClN4O2. The molecule has 0 spiro atoms. The van der Waals surface area contributed by atoms with Gasteiger partial charge in [-0.3, -0.25) is 9.78 Å². The van der Waals surface area contributed by atoms with Gasteiger partial charge in [-0.15, -0.1) is 0 Å². The summed E-state index contributed by atoms with van der Waals surface area (Å²) in [7, 11) is 0. The van der Waals surface area contributed by atoms with Gasteiger partial charge in [-0.1, -0.05) is 17.7 Å². The third-order valence-corrected chi connectivity index (χ3v) is 3.48. The van der Waals surface area contributed by atoms with Crippen LogP contribution in [0.2, 0.25) is 5.02 Å². The van der Waals surface area contributed by atoms with Crippen LogP contribution in [0.3, 0.4) is 0 Å². The van der Waals surface area contributed by atoms with E-state index >= 15 is 0 Å². The number of benzene rings is 1. The number of carbonyl (C=O) groups excluding carboxylic acids is 1. The number of halogens is 1. The van der Waals surface area contributed by atoms with Crippen molar-refractivity contribution in [1.82, 2.24) is 9.97 Å². The van der Waals surface area contributed by atoms with Gasteiger partial charge in [0.2, 0.25) is 5.88 Å². The Kier molecular flexibility index (Phi) is 4.88. The van der Waals surface area contributed by atoms with E-state index in [0.717, 1.165) is 0 Å². The fourth-order valence-electron chi connectivity index (χ4n) is 2.01. The molecule has 1 amide bonds. The first-order valence-electron chi connectivity index (χ1n) is 7.22. The third-order valence-electron chi connectivity index (χ3n) is 3.19. The number of amides is 1. The van der Waals surface area contributed by atoms with Crippen molar-refractivity contribution in [3.05, 3.63) is 77.2 Å². The Labute approximate surface area is 148 Å². The van der Waals surface area contributed by atoms with Gasteiger partial charge >= 0.3 is 0 Å². The van der Waals surface area contributed by atoms with Crippen molar-refractivity contribution in [3.8, 4) is 17.7 Å². The zero-order valence-corrected chi connectivity index (χ0v) is 13.6. The van der Waals surface area contributed by atoms with Crippen molar-refractivity contribution in [1.29, 1.82) is 5.26 Å². The van der Waals surface area contributed by atoms with Crippen molar-refractivity contribution in [2.75, 3.05) is 5.32 Å². The Morgan fingerprint density at radius 3 is 2.68 bits per heavy atom. The topological polar surface area (TPSA) is 87.9 Å². The molecule has 122 valence electrons. The lowest BCUT2D eigenvalue weighted by Crippen LogP contribution is -2.13. The first kappa shape index (κ1) is 16.4. The minimum atomic E-state index is -0.346. The quantitative estimate of drug-likeness (QED) is 0.767. The lowest BCUT2D eigenvalue weighted by Gasteiger charge is -2.10. The number of hydrogen-bond acceptors (Lipinski definition) is 5. The highest BCUT2D eigenvalue weighted by Crippen LogP contribution is 2.32. The lowest BCUT2D eigenvalue weighted by atomic mass is 10.2. The predicted molar refractivity (Wildman–Crippen MR) is 92.7 cm³/mol. The van der Waals surface area contributed by atoms with Gasteiger partial charge in [0.05, 0.1) is 5.02 Å². The Balaban J connectivity index is 1.77. The third kappa shape index (κ3) is 3.91. The molecule has 6 nitrogen and oxygen atoms in total. The summed E-state index contributed by atoms with van der Waals surface area (Å²) in [4.78, 5) is 20.1. The molecule has 0 bridgehead atoms. The van der Waals surface area contributed by atoms with Crippen LogP contribution in [0.5, 0.6) is 11.6 Å². The number of carbonyl (C=O) groups is 1. The second-order valence-electron chi connectivity index (χ2n) is 4.88. The predicted octanol–water partition coefficient (Wildman–Crippen LogP) is 4.05. The summed E-state index contributed by atoms with van der Waals surface area (Å²) in [6, 6.07) is 15.1. The van der Waals surface area contributed by atoms with Crippen LogP contribution in [0.1, 0.15) is 16.1 Å². The number of rotatable bonds is 4. The van der Waals surface area contributed by atoms with Gasteiger partial charge in [0.15, 0.2) is 0 Å². The summed E-state index contributed by atoms with van der Waals surface area (Å²) >= 11 is 6.20. The SMILES string of the molecule is N#Cc1cccnc1Oc1ccc(NC(=O)c2ccccn2)cc1Cl. The number of ether oxygens (including phenoxy) is 1. The molecular weight excluding hydrogens is 340 g/mol. The normalized spacial score (nSPS) is 9.92. The number of hydrogen-bond donors (Lipinski definition) is 1. The van der Waals surface area contributed by atoms with Crippen molar-refractivity contribution in [2.45, 2.75) is 0 Å². The number of pyridine rings is 2. The minimum Gasteiger partial charge on any atom is -0.436 e. The molecule has 2 aromatic heterocycles. The van der Waals surface area contributed by atoms with E-state index in [1.165, 1.54) is 6.20 Å². The molecule has 0 unspecified atom stereocenters. The second-order valence-corrected chi connectivity index (χ2v) is 5.29. The molecule has 7 heteroatoms. The summed E-state index contributed by atoms with van der Waals surface area (Å²) in [6.07, 6.45) is 3.06. The van der Waals surface area contributed by atoms with Gasteiger partial charge in [-0.05, 0) is 42.5 Å². The first-order valence-corrected chi connectivity index (χ1v) is 7.60. The van der Waals surface area contributed by atoms with Crippen LogP contribution in [0.25, 0.3) is 0 Å². The zero-order valence-electron chi connectivity index (χ0n) is 12.8. The molecule has 0 aliphatic heterocycles. The van der Waals surface area contributed by atoms with Crippen LogP contribution < -0.4 is 10.1 Å². The van der Waals surface area contributed by atoms with Crippen LogP contribution >= 0.6 is 11.6 Å². The molecule has 3 rings (SSSR count). The number of aromatic nitrogens is 2. The van der Waals surface area contributed by atoms with Crippen molar-refractivity contribution >= 4 is 23.2 Å². The van der Waals surface area contributed by atoms with Crippen LogP contribution in [-0.2, 0) is 0 Å². The largest absolute Gasteiger partial charge is 0.436 e. The molecule has 25 heavy (non-hydrogen) atoms. The number of nitrogens with zero attached hydrogens (tertiary/aromatic N) is 3. The smallest absolute Gasteiger partial charge is 0.274 e. The second kappa shape index (κ2) is 7.43. The molecule has 0 atom stereocenters. The van der Waals surface area contributed by atoms with Crippen LogP contribution in [0.15, 0.2) is 60.9 Å². The van der Waals surface area contributed by atoms with Gasteiger partial charge in [0, 0.05) is 18.1 Å². The molecule has 1 aromatic carbocycles. The van der Waals surface area contributed by atoms with E-state index in [9.17, 15) is 4.79 Å². The van der Waals surface area contributed by atoms with E-state index in [-0.39, 0.29) is 16.8 Å². The minimum absolute atomic E-state index is 0.164. The fraction of sp³-hybridized carbons (Fsp3) is 0. The fourth-order valence-corrected chi connectivity index (χ4v) is 2.23. The van der Waals surface area contributed by atoms with Crippen LogP contribution in [0, 0.1) is 11.3 Å². The first-order chi connectivity index (χ1) is 12.2. The monoisotopic (exact) mass is 350 g/mol. The summed E-state index contributed by atoms with van der Waals surface area (Å²) in [5.41, 5.74) is 1.09. The maximum Gasteiger partial charge on any atom is 0.274 e. The lowest BCUT2D eigenvalue weighted by molar-refractivity contribution is 0.102. The van der Waals surface area contributed by atoms with Crippen molar-refractivity contribution in [3.63, 3.8) is 0 Å². The van der Waals surface area contributed by atoms with E-state index in [0.29, 0.717) is 22.7 Å². The average Bonchev–Trinajstić information content (AvgIpc) is 2.65. The highest BCUT2D eigenvalue weighted by molar-refractivity contribution is 6.32.